The molecule has 0 saturated carbocycles. The van der Waals surface area contributed by atoms with E-state index in [0.29, 0.717) is 25.8 Å². The molecule has 0 atom stereocenters. The van der Waals surface area contributed by atoms with Gasteiger partial charge in [-0.1, -0.05) is 13.8 Å². The number of rotatable bonds is 6. The van der Waals surface area contributed by atoms with Crippen LogP contribution in [0.4, 0.5) is 0 Å². The first-order chi connectivity index (χ1) is 6.13. The standard InChI is InChI=1S/C10H17NO2/c1-4-7-8-11-10(5-2,6-3)9(12)13/h1,11H,5-8H2,2-3H3,(H,12,13). The normalized spacial score (nSPS) is 10.8. The molecule has 2 N–H and O–H groups in total. The molecule has 0 aromatic rings. The Balaban J connectivity index is 4.24. The summed E-state index contributed by atoms with van der Waals surface area (Å²) in [5.41, 5.74) is -0.795. The summed E-state index contributed by atoms with van der Waals surface area (Å²) in [6.45, 7) is 4.28. The predicted molar refractivity (Wildman–Crippen MR) is 52.4 cm³/mol. The summed E-state index contributed by atoms with van der Waals surface area (Å²) in [4.78, 5) is 11.0. The van der Waals surface area contributed by atoms with Crippen molar-refractivity contribution in [2.75, 3.05) is 6.54 Å². The highest BCUT2D eigenvalue weighted by molar-refractivity contribution is 5.78. The van der Waals surface area contributed by atoms with Crippen molar-refractivity contribution in [2.24, 2.45) is 0 Å². The summed E-state index contributed by atoms with van der Waals surface area (Å²) in [6, 6.07) is 0. The van der Waals surface area contributed by atoms with Gasteiger partial charge in [0.2, 0.25) is 0 Å². The minimum Gasteiger partial charge on any atom is -0.480 e. The lowest BCUT2D eigenvalue weighted by Gasteiger charge is -2.27. The lowest BCUT2D eigenvalue weighted by atomic mass is 9.93. The van der Waals surface area contributed by atoms with Crippen molar-refractivity contribution in [3.05, 3.63) is 0 Å². The first kappa shape index (κ1) is 12.0. The van der Waals surface area contributed by atoms with Gasteiger partial charge >= 0.3 is 5.97 Å². The molecule has 3 heteroatoms. The fraction of sp³-hybridized carbons (Fsp3) is 0.700. The van der Waals surface area contributed by atoms with E-state index in [9.17, 15) is 4.79 Å². The van der Waals surface area contributed by atoms with Gasteiger partial charge in [0.25, 0.3) is 0 Å². The number of hydrogen-bond donors (Lipinski definition) is 2. The largest absolute Gasteiger partial charge is 0.480 e. The minimum absolute atomic E-state index is 0.560. The van der Waals surface area contributed by atoms with E-state index in [1.807, 2.05) is 13.8 Å². The van der Waals surface area contributed by atoms with Crippen LogP contribution in [0.2, 0.25) is 0 Å². The third-order valence-corrected chi connectivity index (χ3v) is 2.35. The molecule has 0 radical (unpaired) electrons. The van der Waals surface area contributed by atoms with Crippen LogP contribution in [0.15, 0.2) is 0 Å². The van der Waals surface area contributed by atoms with E-state index < -0.39 is 11.5 Å². The van der Waals surface area contributed by atoms with Crippen LogP contribution >= 0.6 is 0 Å². The first-order valence-electron chi connectivity index (χ1n) is 4.54. The first-order valence-corrected chi connectivity index (χ1v) is 4.54. The summed E-state index contributed by atoms with van der Waals surface area (Å²) in [6.07, 6.45) is 6.79. The summed E-state index contributed by atoms with van der Waals surface area (Å²) in [7, 11) is 0. The molecule has 0 aliphatic rings. The molecule has 0 amide bonds. The highest BCUT2D eigenvalue weighted by Crippen LogP contribution is 2.14. The number of aliphatic carboxylic acids is 1. The van der Waals surface area contributed by atoms with Crippen molar-refractivity contribution in [3.63, 3.8) is 0 Å². The zero-order chi connectivity index (χ0) is 10.3. The molecule has 0 unspecified atom stereocenters. The van der Waals surface area contributed by atoms with Gasteiger partial charge in [-0.15, -0.1) is 12.3 Å². The van der Waals surface area contributed by atoms with Crippen molar-refractivity contribution in [3.8, 4) is 12.3 Å². The van der Waals surface area contributed by atoms with Gasteiger partial charge in [0, 0.05) is 13.0 Å². The Hall–Kier alpha value is -1.01. The number of nitrogens with one attached hydrogen (secondary N) is 1. The molecule has 0 spiro atoms. The summed E-state index contributed by atoms with van der Waals surface area (Å²) in [5.74, 6) is 1.68. The Morgan fingerprint density at radius 2 is 2.08 bits per heavy atom. The summed E-state index contributed by atoms with van der Waals surface area (Å²) >= 11 is 0. The van der Waals surface area contributed by atoms with Crippen LogP contribution in [0.1, 0.15) is 33.1 Å². The Bertz CT molecular complexity index is 201. The average molecular weight is 183 g/mol. The molecule has 0 saturated heterocycles. The zero-order valence-corrected chi connectivity index (χ0v) is 8.26. The van der Waals surface area contributed by atoms with Gasteiger partial charge in [-0.2, -0.15) is 0 Å². The van der Waals surface area contributed by atoms with Crippen molar-refractivity contribution < 1.29 is 9.90 Å². The summed E-state index contributed by atoms with van der Waals surface area (Å²) < 4.78 is 0. The lowest BCUT2D eigenvalue weighted by Crippen LogP contribution is -2.51. The molecule has 0 heterocycles. The van der Waals surface area contributed by atoms with Gasteiger partial charge < -0.3 is 10.4 Å². The molecular formula is C10H17NO2. The quantitative estimate of drug-likeness (QED) is 0.481. The van der Waals surface area contributed by atoms with Gasteiger partial charge in [0.15, 0.2) is 0 Å². The monoisotopic (exact) mass is 183 g/mol. The van der Waals surface area contributed by atoms with Crippen molar-refractivity contribution in [2.45, 2.75) is 38.6 Å². The maximum Gasteiger partial charge on any atom is 0.323 e. The number of terminal acetylenes is 1. The van der Waals surface area contributed by atoms with Crippen LogP contribution in [0, 0.1) is 12.3 Å². The number of carboxylic acid groups (broad SMARTS) is 1. The molecule has 74 valence electrons. The van der Waals surface area contributed by atoms with E-state index in [4.69, 9.17) is 11.5 Å². The fourth-order valence-corrected chi connectivity index (χ4v) is 1.25. The molecule has 13 heavy (non-hydrogen) atoms. The zero-order valence-electron chi connectivity index (χ0n) is 8.26. The molecule has 0 aliphatic carbocycles. The second-order valence-electron chi connectivity index (χ2n) is 2.98. The summed E-state index contributed by atoms with van der Waals surface area (Å²) in [5, 5.41) is 12.0. The molecule has 0 rings (SSSR count). The third-order valence-electron chi connectivity index (χ3n) is 2.35. The molecule has 3 nitrogen and oxygen atoms in total. The Kier molecular flexibility index (Phi) is 5.17. The van der Waals surface area contributed by atoms with E-state index in [-0.39, 0.29) is 0 Å². The molecular weight excluding hydrogens is 166 g/mol. The lowest BCUT2D eigenvalue weighted by molar-refractivity contribution is -0.145. The molecule has 0 aromatic carbocycles. The van der Waals surface area contributed by atoms with E-state index in [1.54, 1.807) is 0 Å². The van der Waals surface area contributed by atoms with Crippen LogP contribution in [-0.2, 0) is 4.79 Å². The maximum absolute atomic E-state index is 11.0. The van der Waals surface area contributed by atoms with E-state index in [0.717, 1.165) is 0 Å². The van der Waals surface area contributed by atoms with Crippen molar-refractivity contribution >= 4 is 5.97 Å². The number of carboxylic acids is 1. The number of carbonyl (C=O) groups is 1. The SMILES string of the molecule is C#CCCNC(CC)(CC)C(=O)O. The smallest absolute Gasteiger partial charge is 0.323 e. The van der Waals surface area contributed by atoms with Gasteiger partial charge in [-0.25, -0.2) is 0 Å². The van der Waals surface area contributed by atoms with Gasteiger partial charge in [-0.05, 0) is 12.8 Å². The van der Waals surface area contributed by atoms with Gasteiger partial charge in [0.05, 0.1) is 0 Å². The van der Waals surface area contributed by atoms with Crippen LogP contribution < -0.4 is 5.32 Å². The van der Waals surface area contributed by atoms with Gasteiger partial charge in [-0.3, -0.25) is 4.79 Å². The molecule has 0 bridgehead atoms. The predicted octanol–water partition coefficient (Wildman–Crippen LogP) is 1.24. The van der Waals surface area contributed by atoms with Crippen molar-refractivity contribution in [1.82, 2.24) is 5.32 Å². The Labute approximate surface area is 79.5 Å². The van der Waals surface area contributed by atoms with Crippen molar-refractivity contribution in [1.29, 1.82) is 0 Å². The highest BCUT2D eigenvalue weighted by Gasteiger charge is 2.33. The van der Waals surface area contributed by atoms with Crippen LogP contribution in [-0.4, -0.2) is 23.2 Å². The topological polar surface area (TPSA) is 49.3 Å². The van der Waals surface area contributed by atoms with Gasteiger partial charge in [0.1, 0.15) is 5.54 Å². The maximum atomic E-state index is 11.0. The molecule has 0 fully saturated rings. The second kappa shape index (κ2) is 5.60. The Morgan fingerprint density at radius 1 is 1.54 bits per heavy atom. The van der Waals surface area contributed by atoms with E-state index in [2.05, 4.69) is 11.2 Å². The minimum atomic E-state index is -0.797. The van der Waals surface area contributed by atoms with E-state index >= 15 is 0 Å². The van der Waals surface area contributed by atoms with Crippen LogP contribution in [0.3, 0.4) is 0 Å². The highest BCUT2D eigenvalue weighted by atomic mass is 16.4. The fourth-order valence-electron chi connectivity index (χ4n) is 1.25. The molecule has 0 aliphatic heterocycles. The van der Waals surface area contributed by atoms with E-state index in [1.165, 1.54) is 0 Å². The van der Waals surface area contributed by atoms with Crippen LogP contribution in [0.25, 0.3) is 0 Å². The Morgan fingerprint density at radius 3 is 2.38 bits per heavy atom. The second-order valence-corrected chi connectivity index (χ2v) is 2.98. The average Bonchev–Trinajstić information content (AvgIpc) is 2.13. The number of hydrogen-bond acceptors (Lipinski definition) is 2. The molecule has 0 aromatic heterocycles. The van der Waals surface area contributed by atoms with Crippen LogP contribution in [0.5, 0.6) is 0 Å². The third kappa shape index (κ3) is 3.08.